The Hall–Kier alpha value is -0.840. The van der Waals surface area contributed by atoms with Crippen LogP contribution >= 0.6 is 16.5 Å². The van der Waals surface area contributed by atoms with E-state index in [0.29, 0.717) is 0 Å². The highest BCUT2D eigenvalue weighted by atomic mass is 31.1. The van der Waals surface area contributed by atoms with Gasteiger partial charge in [0.05, 0.1) is 5.43 Å². The summed E-state index contributed by atoms with van der Waals surface area (Å²) in [5, 5.41) is 0. The zero-order valence-electron chi connectivity index (χ0n) is 6.24. The predicted molar refractivity (Wildman–Crippen MR) is 54.9 cm³/mol. The summed E-state index contributed by atoms with van der Waals surface area (Å²) in [6.45, 7) is 0. The Bertz CT molecular complexity index is 418. The summed E-state index contributed by atoms with van der Waals surface area (Å²) < 4.78 is 4.19. The zero-order chi connectivity index (χ0) is 8.39. The standard InChI is InChI=1S/C8H7NOP2/c10-8-11-7(9-12-8)6-4-2-1-3-5-6/h1-5,11-12H. The van der Waals surface area contributed by atoms with Crippen molar-refractivity contribution < 1.29 is 0 Å². The molecule has 0 radical (unpaired) electrons. The first-order valence-electron chi connectivity index (χ1n) is 3.56. The van der Waals surface area contributed by atoms with Gasteiger partial charge in [0.1, 0.15) is 0 Å². The van der Waals surface area contributed by atoms with E-state index in [1.165, 1.54) is 0 Å². The van der Waals surface area contributed by atoms with Crippen molar-refractivity contribution in [2.45, 2.75) is 0 Å². The van der Waals surface area contributed by atoms with Crippen molar-refractivity contribution in [3.05, 3.63) is 40.0 Å². The second-order valence-corrected chi connectivity index (χ2v) is 4.97. The fourth-order valence-corrected chi connectivity index (χ4v) is 3.01. The minimum Gasteiger partial charge on any atom is -0.280 e. The van der Waals surface area contributed by atoms with Crippen LogP contribution in [0.2, 0.25) is 0 Å². The molecule has 12 heavy (non-hydrogen) atoms. The Balaban J connectivity index is 2.51. The zero-order valence-corrected chi connectivity index (χ0v) is 8.24. The van der Waals surface area contributed by atoms with Crippen molar-refractivity contribution in [1.82, 2.24) is 4.75 Å². The van der Waals surface area contributed by atoms with Crippen LogP contribution in [-0.4, -0.2) is 4.75 Å². The quantitative estimate of drug-likeness (QED) is 0.697. The van der Waals surface area contributed by atoms with E-state index in [-0.39, 0.29) is 21.4 Å². The maximum absolute atomic E-state index is 10.9. The van der Waals surface area contributed by atoms with E-state index < -0.39 is 0 Å². The van der Waals surface area contributed by atoms with Gasteiger partial charge < -0.3 is 0 Å². The lowest BCUT2D eigenvalue weighted by molar-refractivity contribution is 1.58. The van der Waals surface area contributed by atoms with Gasteiger partial charge in [-0.05, 0) is 0 Å². The fourth-order valence-electron chi connectivity index (χ4n) is 1.00. The molecule has 0 aliphatic heterocycles. The second kappa shape index (κ2) is 3.26. The van der Waals surface area contributed by atoms with Gasteiger partial charge in [0, 0.05) is 13.9 Å². The molecule has 1 heterocycles. The minimum absolute atomic E-state index is 0.150. The lowest BCUT2D eigenvalue weighted by Crippen LogP contribution is -1.71. The summed E-state index contributed by atoms with van der Waals surface area (Å²) in [4.78, 5) is 11.2. The molecular formula is C8H7NOP2. The van der Waals surface area contributed by atoms with Gasteiger partial charge >= 0.3 is 0 Å². The molecule has 0 saturated heterocycles. The van der Waals surface area contributed by atoms with Gasteiger partial charge in [0.25, 0.3) is 0 Å². The maximum atomic E-state index is 10.9. The van der Waals surface area contributed by atoms with Crippen LogP contribution in [0.1, 0.15) is 0 Å². The molecule has 2 unspecified atom stereocenters. The molecule has 2 rings (SSSR count). The van der Waals surface area contributed by atoms with Crippen LogP contribution in [0.5, 0.6) is 0 Å². The van der Waals surface area contributed by atoms with Crippen molar-refractivity contribution in [2.75, 3.05) is 0 Å². The van der Waals surface area contributed by atoms with Crippen molar-refractivity contribution >= 4 is 16.5 Å². The first-order valence-corrected chi connectivity index (χ1v) is 5.51. The summed E-state index contributed by atoms with van der Waals surface area (Å²) in [6.07, 6.45) is 0. The molecule has 0 spiro atoms. The molecule has 2 nitrogen and oxygen atoms in total. The van der Waals surface area contributed by atoms with Gasteiger partial charge in [-0.25, -0.2) is 4.75 Å². The molecule has 0 fully saturated rings. The van der Waals surface area contributed by atoms with Crippen molar-refractivity contribution in [1.29, 1.82) is 0 Å². The molecule has 0 aliphatic carbocycles. The van der Waals surface area contributed by atoms with Crippen LogP contribution in [-0.2, 0) is 0 Å². The molecule has 1 aromatic heterocycles. The van der Waals surface area contributed by atoms with Crippen LogP contribution in [0.4, 0.5) is 0 Å². The molecule has 0 N–H and O–H groups in total. The van der Waals surface area contributed by atoms with Gasteiger partial charge in [-0.2, -0.15) is 0 Å². The third-order valence-electron chi connectivity index (χ3n) is 1.55. The number of benzene rings is 1. The van der Waals surface area contributed by atoms with E-state index in [1.54, 1.807) is 0 Å². The molecule has 2 aromatic rings. The van der Waals surface area contributed by atoms with Gasteiger partial charge in [-0.1, -0.05) is 38.5 Å². The lowest BCUT2D eigenvalue weighted by atomic mass is 10.2. The van der Waals surface area contributed by atoms with Crippen LogP contribution in [0.3, 0.4) is 0 Å². The molecule has 0 amide bonds. The highest BCUT2D eigenvalue weighted by molar-refractivity contribution is 7.45. The third-order valence-corrected chi connectivity index (χ3v) is 3.89. The molecule has 60 valence electrons. The SMILES string of the molecule is O=c1[pH]nc(-c2ccccc2)[pH]1. The highest BCUT2D eigenvalue weighted by Crippen LogP contribution is 2.24. The van der Waals surface area contributed by atoms with Crippen molar-refractivity contribution in [3.8, 4) is 11.0 Å². The molecular weight excluding hydrogens is 188 g/mol. The Kier molecular flexibility index (Phi) is 2.12. The molecule has 0 saturated carbocycles. The van der Waals surface area contributed by atoms with Gasteiger partial charge in [-0.3, -0.25) is 4.79 Å². The van der Waals surface area contributed by atoms with E-state index >= 15 is 0 Å². The minimum atomic E-state index is 0.150. The normalized spacial score (nSPS) is 11.3. The number of hydrogen-bond acceptors (Lipinski definition) is 2. The number of hydrogen-bond donors (Lipinski definition) is 0. The predicted octanol–water partition coefficient (Wildman–Crippen LogP) is 2.17. The number of nitrogens with zero attached hydrogens (tertiary/aromatic N) is 1. The van der Waals surface area contributed by atoms with Crippen molar-refractivity contribution in [2.24, 2.45) is 0 Å². The largest absolute Gasteiger partial charge is 0.280 e. The summed E-state index contributed by atoms with van der Waals surface area (Å²) >= 11 is 0. The Morgan fingerprint density at radius 3 is 2.50 bits per heavy atom. The van der Waals surface area contributed by atoms with E-state index in [4.69, 9.17) is 0 Å². The van der Waals surface area contributed by atoms with Crippen LogP contribution in [0, 0.1) is 0 Å². The molecule has 4 heteroatoms. The van der Waals surface area contributed by atoms with Crippen molar-refractivity contribution in [3.63, 3.8) is 0 Å². The smallest absolute Gasteiger partial charge is 0.227 e. The van der Waals surface area contributed by atoms with Crippen LogP contribution in [0.25, 0.3) is 11.0 Å². The summed E-state index contributed by atoms with van der Waals surface area (Å²) in [5.41, 5.74) is 2.06. The Morgan fingerprint density at radius 1 is 1.17 bits per heavy atom. The van der Waals surface area contributed by atoms with Gasteiger partial charge in [0.2, 0.25) is 4.89 Å². The third kappa shape index (κ3) is 1.50. The lowest BCUT2D eigenvalue weighted by Gasteiger charge is -1.92. The average molecular weight is 195 g/mol. The van der Waals surface area contributed by atoms with Gasteiger partial charge in [-0.15, -0.1) is 0 Å². The first-order chi connectivity index (χ1) is 5.86. The summed E-state index contributed by atoms with van der Waals surface area (Å²) in [7, 11) is 0.424. The molecule has 2 atom stereocenters. The number of rotatable bonds is 1. The molecule has 0 bridgehead atoms. The van der Waals surface area contributed by atoms with E-state index in [9.17, 15) is 4.79 Å². The van der Waals surface area contributed by atoms with Crippen LogP contribution < -0.4 is 4.89 Å². The van der Waals surface area contributed by atoms with E-state index in [0.717, 1.165) is 11.0 Å². The Labute approximate surface area is 72.9 Å². The summed E-state index contributed by atoms with van der Waals surface area (Å²) in [5.74, 6) is 0. The topological polar surface area (TPSA) is 30.0 Å². The molecule has 1 aromatic carbocycles. The number of aromatic nitrogens is 1. The average Bonchev–Trinajstić information content (AvgIpc) is 2.54. The first kappa shape index (κ1) is 7.79. The summed E-state index contributed by atoms with van der Waals surface area (Å²) in [6, 6.07) is 9.89. The Morgan fingerprint density at radius 2 is 1.92 bits per heavy atom. The van der Waals surface area contributed by atoms with Crippen LogP contribution in [0.15, 0.2) is 35.1 Å². The maximum Gasteiger partial charge on any atom is 0.227 e. The second-order valence-electron chi connectivity index (χ2n) is 2.39. The fraction of sp³-hybridized carbons (Fsp3) is 0. The van der Waals surface area contributed by atoms with E-state index in [1.807, 2.05) is 30.3 Å². The van der Waals surface area contributed by atoms with E-state index in [2.05, 4.69) is 4.75 Å². The van der Waals surface area contributed by atoms with Gasteiger partial charge in [0.15, 0.2) is 0 Å². The highest BCUT2D eigenvalue weighted by Gasteiger charge is 1.98. The molecule has 0 aliphatic rings. The monoisotopic (exact) mass is 195 g/mol.